The Morgan fingerprint density at radius 2 is 2.05 bits per heavy atom. The molecule has 0 aliphatic carbocycles. The van der Waals surface area contributed by atoms with Crippen molar-refractivity contribution in [1.82, 2.24) is 15.1 Å². The standard InChI is InChI=1S/C15H23N3S/c1-5-13-8-14(6-2)18(17-13)10-12-7-15(9-16-4)19-11(12)3/h7-8,16H,5-6,9-10H2,1-4H3. The largest absolute Gasteiger partial charge is 0.315 e. The van der Waals surface area contributed by atoms with Gasteiger partial charge in [-0.2, -0.15) is 5.10 Å². The smallest absolute Gasteiger partial charge is 0.0673 e. The highest BCUT2D eigenvalue weighted by atomic mass is 32.1. The van der Waals surface area contributed by atoms with Crippen molar-refractivity contribution in [2.45, 2.75) is 46.7 Å². The maximum atomic E-state index is 4.70. The Bertz CT molecular complexity index is 540. The van der Waals surface area contributed by atoms with Crippen LogP contribution in [0.25, 0.3) is 0 Å². The molecule has 0 bridgehead atoms. The van der Waals surface area contributed by atoms with E-state index in [-0.39, 0.29) is 0 Å². The molecule has 0 atom stereocenters. The van der Waals surface area contributed by atoms with Gasteiger partial charge in [0.1, 0.15) is 0 Å². The monoisotopic (exact) mass is 277 g/mol. The topological polar surface area (TPSA) is 29.9 Å². The molecule has 0 aromatic carbocycles. The molecule has 2 aromatic rings. The minimum atomic E-state index is 0.898. The van der Waals surface area contributed by atoms with E-state index >= 15 is 0 Å². The molecule has 1 N–H and O–H groups in total. The molecule has 0 aliphatic rings. The maximum absolute atomic E-state index is 4.70. The molecule has 104 valence electrons. The molecule has 0 unspecified atom stereocenters. The molecular weight excluding hydrogens is 254 g/mol. The van der Waals surface area contributed by atoms with E-state index in [1.807, 2.05) is 18.4 Å². The lowest BCUT2D eigenvalue weighted by Crippen LogP contribution is -2.06. The predicted molar refractivity (Wildman–Crippen MR) is 81.9 cm³/mol. The van der Waals surface area contributed by atoms with Crippen molar-refractivity contribution in [2.75, 3.05) is 7.05 Å². The molecule has 0 spiro atoms. The first kappa shape index (κ1) is 14.3. The number of nitrogens with one attached hydrogen (secondary N) is 1. The number of thiophene rings is 1. The first-order valence-corrected chi connectivity index (χ1v) is 7.77. The van der Waals surface area contributed by atoms with Crippen molar-refractivity contribution in [3.63, 3.8) is 0 Å². The fourth-order valence-corrected chi connectivity index (χ4v) is 3.34. The van der Waals surface area contributed by atoms with E-state index in [0.717, 1.165) is 25.9 Å². The predicted octanol–water partition coefficient (Wildman–Crippen LogP) is 3.15. The van der Waals surface area contributed by atoms with Crippen LogP contribution in [0, 0.1) is 6.92 Å². The van der Waals surface area contributed by atoms with E-state index in [0.29, 0.717) is 0 Å². The molecule has 0 amide bonds. The molecule has 2 aromatic heterocycles. The first-order valence-electron chi connectivity index (χ1n) is 6.96. The van der Waals surface area contributed by atoms with Crippen LogP contribution in [0.5, 0.6) is 0 Å². The number of nitrogens with zero attached hydrogens (tertiary/aromatic N) is 2. The van der Waals surface area contributed by atoms with Gasteiger partial charge in [-0.05, 0) is 44.5 Å². The fraction of sp³-hybridized carbons (Fsp3) is 0.533. The molecular formula is C15H23N3S. The Morgan fingerprint density at radius 3 is 2.68 bits per heavy atom. The van der Waals surface area contributed by atoms with Crippen LogP contribution in [0.3, 0.4) is 0 Å². The first-order chi connectivity index (χ1) is 9.17. The van der Waals surface area contributed by atoms with Gasteiger partial charge in [-0.15, -0.1) is 11.3 Å². The molecule has 4 heteroatoms. The Kier molecular flexibility index (Phi) is 4.77. The van der Waals surface area contributed by atoms with Gasteiger partial charge in [-0.25, -0.2) is 0 Å². The van der Waals surface area contributed by atoms with Gasteiger partial charge in [-0.1, -0.05) is 13.8 Å². The number of hydrogen-bond donors (Lipinski definition) is 1. The van der Waals surface area contributed by atoms with Crippen LogP contribution in [0.2, 0.25) is 0 Å². The maximum Gasteiger partial charge on any atom is 0.0673 e. The summed E-state index contributed by atoms with van der Waals surface area (Å²) in [6.45, 7) is 8.41. The quantitative estimate of drug-likeness (QED) is 0.879. The average molecular weight is 277 g/mol. The molecule has 0 saturated heterocycles. The van der Waals surface area contributed by atoms with Crippen LogP contribution in [-0.2, 0) is 25.9 Å². The van der Waals surface area contributed by atoms with Gasteiger partial charge in [0, 0.05) is 22.0 Å². The van der Waals surface area contributed by atoms with E-state index < -0.39 is 0 Å². The molecule has 3 nitrogen and oxygen atoms in total. The van der Waals surface area contributed by atoms with E-state index in [1.165, 1.54) is 26.7 Å². The molecule has 0 aliphatic heterocycles. The number of rotatable bonds is 6. The Balaban J connectivity index is 2.22. The van der Waals surface area contributed by atoms with Crippen molar-refractivity contribution in [3.05, 3.63) is 38.8 Å². The lowest BCUT2D eigenvalue weighted by Gasteiger charge is -2.05. The third kappa shape index (κ3) is 3.25. The number of aryl methyl sites for hydroxylation is 3. The minimum absolute atomic E-state index is 0.898. The van der Waals surface area contributed by atoms with Crippen molar-refractivity contribution < 1.29 is 0 Å². The van der Waals surface area contributed by atoms with Gasteiger partial charge < -0.3 is 5.32 Å². The summed E-state index contributed by atoms with van der Waals surface area (Å²) < 4.78 is 2.16. The summed E-state index contributed by atoms with van der Waals surface area (Å²) in [5.74, 6) is 0. The third-order valence-corrected chi connectivity index (χ3v) is 4.47. The SMILES string of the molecule is CCc1cc(CC)n(Cc2cc(CNC)sc2C)n1. The van der Waals surface area contributed by atoms with E-state index in [2.05, 4.69) is 42.9 Å². The second-order valence-electron chi connectivity index (χ2n) is 4.82. The molecule has 0 radical (unpaired) electrons. The van der Waals surface area contributed by atoms with Crippen LogP contribution in [0.4, 0.5) is 0 Å². The van der Waals surface area contributed by atoms with Crippen LogP contribution < -0.4 is 5.32 Å². The van der Waals surface area contributed by atoms with E-state index in [9.17, 15) is 0 Å². The number of aromatic nitrogens is 2. The molecule has 0 fully saturated rings. The zero-order chi connectivity index (χ0) is 13.8. The van der Waals surface area contributed by atoms with Crippen molar-refractivity contribution >= 4 is 11.3 Å². The van der Waals surface area contributed by atoms with Gasteiger partial charge >= 0.3 is 0 Å². The zero-order valence-corrected chi connectivity index (χ0v) is 13.1. The third-order valence-electron chi connectivity index (χ3n) is 3.38. The highest BCUT2D eigenvalue weighted by Crippen LogP contribution is 2.23. The summed E-state index contributed by atoms with van der Waals surface area (Å²) in [5, 5.41) is 7.91. The zero-order valence-electron chi connectivity index (χ0n) is 12.3. The van der Waals surface area contributed by atoms with E-state index in [4.69, 9.17) is 5.10 Å². The highest BCUT2D eigenvalue weighted by molar-refractivity contribution is 7.12. The van der Waals surface area contributed by atoms with Gasteiger partial charge in [-0.3, -0.25) is 4.68 Å². The fourth-order valence-electron chi connectivity index (χ4n) is 2.28. The van der Waals surface area contributed by atoms with Crippen LogP contribution in [0.15, 0.2) is 12.1 Å². The summed E-state index contributed by atoms with van der Waals surface area (Å²) in [7, 11) is 1.99. The summed E-state index contributed by atoms with van der Waals surface area (Å²) in [5.41, 5.74) is 3.92. The van der Waals surface area contributed by atoms with Crippen molar-refractivity contribution in [3.8, 4) is 0 Å². The van der Waals surface area contributed by atoms with Gasteiger partial charge in [0.25, 0.3) is 0 Å². The molecule has 2 heterocycles. The van der Waals surface area contributed by atoms with Crippen LogP contribution >= 0.6 is 11.3 Å². The van der Waals surface area contributed by atoms with Crippen molar-refractivity contribution in [2.24, 2.45) is 0 Å². The summed E-state index contributed by atoms with van der Waals surface area (Å²) in [4.78, 5) is 2.80. The van der Waals surface area contributed by atoms with Crippen molar-refractivity contribution in [1.29, 1.82) is 0 Å². The summed E-state index contributed by atoms with van der Waals surface area (Å²) >= 11 is 1.88. The lowest BCUT2D eigenvalue weighted by molar-refractivity contribution is 0.639. The van der Waals surface area contributed by atoms with Crippen LogP contribution in [0.1, 0.15) is 40.6 Å². The second-order valence-corrected chi connectivity index (χ2v) is 6.16. The van der Waals surface area contributed by atoms with Gasteiger partial charge in [0.15, 0.2) is 0 Å². The lowest BCUT2D eigenvalue weighted by atomic mass is 10.2. The molecule has 2 rings (SSSR count). The Hall–Kier alpha value is -1.13. The normalized spacial score (nSPS) is 11.2. The highest BCUT2D eigenvalue weighted by Gasteiger charge is 2.10. The van der Waals surface area contributed by atoms with E-state index in [1.54, 1.807) is 0 Å². The van der Waals surface area contributed by atoms with Gasteiger partial charge in [0.2, 0.25) is 0 Å². The Morgan fingerprint density at radius 1 is 1.26 bits per heavy atom. The molecule has 19 heavy (non-hydrogen) atoms. The minimum Gasteiger partial charge on any atom is -0.315 e. The van der Waals surface area contributed by atoms with Gasteiger partial charge in [0.05, 0.1) is 12.2 Å². The molecule has 0 saturated carbocycles. The summed E-state index contributed by atoms with van der Waals surface area (Å²) in [6.07, 6.45) is 2.05. The Labute approximate surface area is 119 Å². The van der Waals surface area contributed by atoms with Crippen LogP contribution in [-0.4, -0.2) is 16.8 Å². The summed E-state index contributed by atoms with van der Waals surface area (Å²) in [6, 6.07) is 4.54. The average Bonchev–Trinajstić information content (AvgIpc) is 2.94. The second kappa shape index (κ2) is 6.35. The number of hydrogen-bond acceptors (Lipinski definition) is 3.